The lowest BCUT2D eigenvalue weighted by molar-refractivity contribution is -0.144. The number of carbonyl (C=O) groups excluding carboxylic acids is 3. The predicted octanol–water partition coefficient (Wildman–Crippen LogP) is 6.57. The molecule has 3 aromatic heterocycles. The van der Waals surface area contributed by atoms with Crippen LogP contribution in [0, 0.1) is 11.3 Å². The van der Waals surface area contributed by atoms with Crippen LogP contribution in [0.3, 0.4) is 0 Å². The lowest BCUT2D eigenvalue weighted by atomic mass is 9.84. The molecule has 0 fully saturated rings. The van der Waals surface area contributed by atoms with Crippen LogP contribution in [0.2, 0.25) is 0 Å². The van der Waals surface area contributed by atoms with Gasteiger partial charge in [0.15, 0.2) is 5.89 Å². The zero-order valence-electron chi connectivity index (χ0n) is 31.1. The molecule has 14 heteroatoms. The quantitative estimate of drug-likeness (QED) is 0.101. The van der Waals surface area contributed by atoms with Gasteiger partial charge in [-0.15, -0.1) is 0 Å². The molecular weight excluding hydrogens is 679 g/mol. The van der Waals surface area contributed by atoms with Gasteiger partial charge in [-0.2, -0.15) is 13.2 Å². The van der Waals surface area contributed by atoms with Crippen LogP contribution in [0.25, 0.3) is 33.4 Å². The molecular formula is C38H48F3N5O6. The zero-order valence-corrected chi connectivity index (χ0v) is 31.1. The van der Waals surface area contributed by atoms with Gasteiger partial charge in [-0.3, -0.25) is 19.5 Å². The van der Waals surface area contributed by atoms with Crippen molar-refractivity contribution in [3.63, 3.8) is 0 Å². The van der Waals surface area contributed by atoms with Crippen molar-refractivity contribution in [3.8, 4) is 22.5 Å². The second-order valence-corrected chi connectivity index (χ2v) is 14.4. The van der Waals surface area contributed by atoms with Crippen molar-refractivity contribution in [2.45, 2.75) is 85.3 Å². The predicted molar refractivity (Wildman–Crippen MR) is 190 cm³/mol. The molecule has 0 saturated carbocycles. The number of amides is 1. The number of hydrogen-bond acceptors (Lipinski definition) is 9. The third-order valence-corrected chi connectivity index (χ3v) is 8.85. The van der Waals surface area contributed by atoms with Crippen LogP contribution < -0.4 is 5.32 Å². The number of pyridine rings is 1. The maximum atomic E-state index is 14.3. The van der Waals surface area contributed by atoms with E-state index < -0.39 is 42.3 Å². The molecule has 0 bridgehead atoms. The summed E-state index contributed by atoms with van der Waals surface area (Å²) in [4.78, 5) is 47.6. The molecule has 0 aliphatic heterocycles. The number of likely N-dealkylation sites (N-methyl/N-ethyl adjacent to an activating group) is 1. The van der Waals surface area contributed by atoms with Crippen molar-refractivity contribution in [3.05, 3.63) is 59.9 Å². The van der Waals surface area contributed by atoms with Gasteiger partial charge in [0.1, 0.15) is 24.8 Å². The van der Waals surface area contributed by atoms with Gasteiger partial charge >= 0.3 is 12.1 Å². The van der Waals surface area contributed by atoms with Crippen LogP contribution in [-0.2, 0) is 43.2 Å². The number of halogens is 3. The van der Waals surface area contributed by atoms with Gasteiger partial charge in [0.05, 0.1) is 42.6 Å². The Morgan fingerprint density at radius 3 is 2.44 bits per heavy atom. The molecule has 0 spiro atoms. The van der Waals surface area contributed by atoms with Crippen LogP contribution in [-0.4, -0.2) is 83.7 Å². The van der Waals surface area contributed by atoms with Crippen LogP contribution in [0.1, 0.15) is 64.8 Å². The van der Waals surface area contributed by atoms with E-state index in [1.165, 1.54) is 24.9 Å². The molecule has 1 amide bonds. The zero-order chi connectivity index (χ0) is 38.5. The number of esters is 1. The minimum Gasteiger partial charge on any atom is -0.465 e. The molecule has 3 atom stereocenters. The minimum absolute atomic E-state index is 0.00110. The van der Waals surface area contributed by atoms with E-state index >= 15 is 0 Å². The summed E-state index contributed by atoms with van der Waals surface area (Å²) in [6, 6.07) is 7.12. The lowest BCUT2D eigenvalue weighted by Crippen LogP contribution is -2.50. The third-order valence-electron chi connectivity index (χ3n) is 8.85. The minimum atomic E-state index is -4.56. The van der Waals surface area contributed by atoms with E-state index in [4.69, 9.17) is 13.9 Å². The molecule has 0 aliphatic carbocycles. The average molecular weight is 728 g/mol. The van der Waals surface area contributed by atoms with Gasteiger partial charge in [-0.05, 0) is 63.2 Å². The summed E-state index contributed by atoms with van der Waals surface area (Å²) in [6.45, 7) is 9.45. The summed E-state index contributed by atoms with van der Waals surface area (Å²) in [5.41, 5.74) is 2.50. The number of ether oxygens (including phenoxy) is 2. The summed E-state index contributed by atoms with van der Waals surface area (Å²) < 4.78 is 60.9. The van der Waals surface area contributed by atoms with Crippen molar-refractivity contribution in [1.82, 2.24) is 24.8 Å². The maximum absolute atomic E-state index is 14.3. The maximum Gasteiger partial charge on any atom is 0.406 e. The van der Waals surface area contributed by atoms with E-state index in [0.29, 0.717) is 51.0 Å². The first-order valence-electron chi connectivity index (χ1n) is 17.1. The Bertz CT molecular complexity index is 1870. The number of rotatable bonds is 16. The summed E-state index contributed by atoms with van der Waals surface area (Å²) in [5, 5.41) is 3.31. The van der Waals surface area contributed by atoms with E-state index in [9.17, 15) is 27.6 Å². The molecule has 1 aromatic carbocycles. The van der Waals surface area contributed by atoms with E-state index in [1.807, 2.05) is 27.7 Å². The normalized spacial score (nSPS) is 14.1. The molecule has 0 aliphatic rings. The molecule has 4 aromatic rings. The highest BCUT2D eigenvalue weighted by Crippen LogP contribution is 2.42. The Morgan fingerprint density at radius 1 is 1.13 bits per heavy atom. The fourth-order valence-corrected chi connectivity index (χ4v) is 6.55. The fourth-order valence-electron chi connectivity index (χ4n) is 6.55. The first-order chi connectivity index (χ1) is 24.4. The summed E-state index contributed by atoms with van der Waals surface area (Å²) >= 11 is 0. The average Bonchev–Trinajstić information content (AvgIpc) is 3.64. The number of oxazole rings is 1. The molecule has 3 heterocycles. The van der Waals surface area contributed by atoms with E-state index in [1.54, 1.807) is 62.4 Å². The largest absolute Gasteiger partial charge is 0.465 e. The first kappa shape index (κ1) is 40.2. The molecule has 1 N–H and O–H groups in total. The molecule has 282 valence electrons. The molecule has 52 heavy (non-hydrogen) atoms. The summed E-state index contributed by atoms with van der Waals surface area (Å²) in [6.07, 6.45) is -1.24. The van der Waals surface area contributed by atoms with Crippen LogP contribution in [0.15, 0.2) is 47.2 Å². The fraction of sp³-hybridized carbons (Fsp3) is 0.500. The molecule has 0 radical (unpaired) electrons. The van der Waals surface area contributed by atoms with Crippen molar-refractivity contribution >= 4 is 29.1 Å². The SMILES string of the molecule is COC(C)c1ncccc1-c1c(CC(C)(C)COC(C)=O)c2cc(-c3coc(CC(C=O)NC(=O)C(C(C)C)N(C)C)n3)ccc2n1CC(F)(F)F. The second kappa shape index (κ2) is 16.4. The number of benzene rings is 1. The number of methoxy groups -OCH3 is 1. The Labute approximate surface area is 301 Å². The number of alkyl halides is 3. The summed E-state index contributed by atoms with van der Waals surface area (Å²) in [7, 11) is 5.09. The molecule has 0 saturated heterocycles. The third kappa shape index (κ3) is 9.65. The number of hydrogen-bond donors (Lipinski definition) is 1. The number of nitrogens with one attached hydrogen (secondary N) is 1. The number of fused-ring (bicyclic) bond motifs is 1. The van der Waals surface area contributed by atoms with Crippen molar-refractivity contribution in [2.75, 3.05) is 27.8 Å². The standard InChI is InChI=1S/C38H48F3N5O6/c1-22(2)34(45(7)8)36(49)43-26(18-47)16-32-44-30(19-51-32)25-12-13-31-28(15-25)29(17-37(5,6)21-52-24(4)48)35(46(31)20-38(39,40)41)27-11-10-14-42-33(27)23(3)50-9/h10-15,18-19,22-23,26,34H,16-17,20-21H2,1-9H3,(H,43,49). The van der Waals surface area contributed by atoms with Gasteiger partial charge in [-0.25, -0.2) is 4.98 Å². The highest BCUT2D eigenvalue weighted by molar-refractivity contribution is 5.95. The van der Waals surface area contributed by atoms with Gasteiger partial charge in [0.25, 0.3) is 0 Å². The van der Waals surface area contributed by atoms with Crippen LogP contribution in [0.5, 0.6) is 0 Å². The Kier molecular flexibility index (Phi) is 12.7. The van der Waals surface area contributed by atoms with Crippen LogP contribution >= 0.6 is 0 Å². The van der Waals surface area contributed by atoms with E-state index in [2.05, 4.69) is 15.3 Å². The van der Waals surface area contributed by atoms with Crippen molar-refractivity contribution < 1.29 is 41.4 Å². The highest BCUT2D eigenvalue weighted by atomic mass is 19.4. The highest BCUT2D eigenvalue weighted by Gasteiger charge is 2.35. The first-order valence-corrected chi connectivity index (χ1v) is 17.1. The summed E-state index contributed by atoms with van der Waals surface area (Å²) in [5.74, 6) is -0.559. The van der Waals surface area contributed by atoms with Gasteiger partial charge in [-0.1, -0.05) is 33.8 Å². The van der Waals surface area contributed by atoms with Gasteiger partial charge in [0.2, 0.25) is 5.91 Å². The number of nitrogens with zero attached hydrogens (tertiary/aromatic N) is 4. The number of carbonyl (C=O) groups is 3. The van der Waals surface area contributed by atoms with Crippen LogP contribution in [0.4, 0.5) is 13.2 Å². The van der Waals surface area contributed by atoms with E-state index in [0.717, 1.165) is 0 Å². The number of aromatic nitrogens is 3. The second-order valence-electron chi connectivity index (χ2n) is 14.4. The molecule has 3 unspecified atom stereocenters. The number of aldehydes is 1. The smallest absolute Gasteiger partial charge is 0.406 e. The topological polar surface area (TPSA) is 129 Å². The van der Waals surface area contributed by atoms with Crippen molar-refractivity contribution in [1.29, 1.82) is 0 Å². The molecule has 11 nitrogen and oxygen atoms in total. The molecule has 4 rings (SSSR count). The van der Waals surface area contributed by atoms with Gasteiger partial charge < -0.3 is 28.6 Å². The Hall–Kier alpha value is -4.56. The Balaban J connectivity index is 1.85. The van der Waals surface area contributed by atoms with Gasteiger partial charge in [0, 0.05) is 47.7 Å². The monoisotopic (exact) mass is 727 g/mol. The Morgan fingerprint density at radius 2 is 1.85 bits per heavy atom. The lowest BCUT2D eigenvalue weighted by Gasteiger charge is -2.27. The van der Waals surface area contributed by atoms with Crippen molar-refractivity contribution in [2.24, 2.45) is 11.3 Å². The van der Waals surface area contributed by atoms with E-state index in [-0.39, 0.29) is 37.2 Å².